The Hall–Kier alpha value is -2.08. The summed E-state index contributed by atoms with van der Waals surface area (Å²) < 4.78 is 1.87. The van der Waals surface area contributed by atoms with Gasteiger partial charge in [0, 0.05) is 32.2 Å². The van der Waals surface area contributed by atoms with E-state index in [2.05, 4.69) is 31.5 Å². The molecule has 0 aliphatic carbocycles. The summed E-state index contributed by atoms with van der Waals surface area (Å²) in [5, 5.41) is 11.9. The van der Waals surface area contributed by atoms with Crippen LogP contribution in [0.15, 0.2) is 35.6 Å². The molecule has 7 heteroatoms. The van der Waals surface area contributed by atoms with E-state index in [1.54, 1.807) is 6.33 Å². The molecule has 22 heavy (non-hydrogen) atoms. The van der Waals surface area contributed by atoms with Crippen molar-refractivity contribution in [2.75, 3.05) is 13.6 Å². The lowest BCUT2D eigenvalue weighted by Crippen LogP contribution is -2.38. The fourth-order valence-electron chi connectivity index (χ4n) is 2.05. The molecule has 0 amide bonds. The number of hydrogen-bond acceptors (Lipinski definition) is 3. The highest BCUT2D eigenvalue weighted by Crippen LogP contribution is 2.12. The molecule has 0 atom stereocenters. The van der Waals surface area contributed by atoms with E-state index in [1.807, 2.05) is 43.8 Å². The number of aliphatic imine (C=N–C) groups is 1. The minimum absolute atomic E-state index is 0.485. The SMILES string of the molecule is CCNC(=NCc1nncn1C)N(C)Cc1cccc(Cl)c1. The third-order valence-corrected chi connectivity index (χ3v) is 3.42. The van der Waals surface area contributed by atoms with Gasteiger partial charge in [0.2, 0.25) is 0 Å². The van der Waals surface area contributed by atoms with E-state index in [1.165, 1.54) is 0 Å². The second kappa shape index (κ2) is 7.79. The van der Waals surface area contributed by atoms with Crippen LogP contribution in [0, 0.1) is 0 Å². The Labute approximate surface area is 135 Å². The summed E-state index contributed by atoms with van der Waals surface area (Å²) >= 11 is 6.03. The highest BCUT2D eigenvalue weighted by atomic mass is 35.5. The lowest BCUT2D eigenvalue weighted by atomic mass is 10.2. The zero-order valence-corrected chi connectivity index (χ0v) is 13.9. The van der Waals surface area contributed by atoms with E-state index >= 15 is 0 Å². The molecule has 118 valence electrons. The van der Waals surface area contributed by atoms with Gasteiger partial charge in [0.25, 0.3) is 0 Å². The van der Waals surface area contributed by atoms with E-state index < -0.39 is 0 Å². The molecule has 0 aliphatic heterocycles. The average Bonchev–Trinajstić information content (AvgIpc) is 2.88. The summed E-state index contributed by atoms with van der Waals surface area (Å²) in [6, 6.07) is 7.84. The first-order chi connectivity index (χ1) is 10.6. The summed E-state index contributed by atoms with van der Waals surface area (Å²) in [4.78, 5) is 6.67. The summed E-state index contributed by atoms with van der Waals surface area (Å²) in [5.74, 6) is 1.65. The van der Waals surface area contributed by atoms with Crippen LogP contribution in [0.3, 0.4) is 0 Å². The van der Waals surface area contributed by atoms with Crippen molar-refractivity contribution >= 4 is 17.6 Å². The Kier molecular flexibility index (Phi) is 5.77. The highest BCUT2D eigenvalue weighted by molar-refractivity contribution is 6.30. The molecule has 0 spiro atoms. The molecule has 0 unspecified atom stereocenters. The average molecular weight is 321 g/mol. The summed E-state index contributed by atoms with van der Waals surface area (Å²) in [6.07, 6.45) is 1.67. The van der Waals surface area contributed by atoms with Crippen LogP contribution in [0.4, 0.5) is 0 Å². The smallest absolute Gasteiger partial charge is 0.194 e. The monoisotopic (exact) mass is 320 g/mol. The maximum atomic E-state index is 6.03. The fourth-order valence-corrected chi connectivity index (χ4v) is 2.26. The normalized spacial score (nSPS) is 11.5. The van der Waals surface area contributed by atoms with E-state index in [0.717, 1.165) is 35.5 Å². The Bertz CT molecular complexity index is 636. The van der Waals surface area contributed by atoms with Crippen LogP contribution in [0.1, 0.15) is 18.3 Å². The summed E-state index contributed by atoms with van der Waals surface area (Å²) in [6.45, 7) is 4.06. The highest BCUT2D eigenvalue weighted by Gasteiger charge is 2.08. The third kappa shape index (κ3) is 4.46. The number of aryl methyl sites for hydroxylation is 1. The number of halogens is 1. The van der Waals surface area contributed by atoms with Gasteiger partial charge in [0.1, 0.15) is 12.9 Å². The molecule has 0 bridgehead atoms. The molecule has 1 aromatic carbocycles. The number of guanidine groups is 1. The van der Waals surface area contributed by atoms with Gasteiger partial charge in [-0.2, -0.15) is 0 Å². The van der Waals surface area contributed by atoms with Gasteiger partial charge in [-0.25, -0.2) is 4.99 Å². The van der Waals surface area contributed by atoms with E-state index in [4.69, 9.17) is 11.6 Å². The third-order valence-electron chi connectivity index (χ3n) is 3.18. The summed E-state index contributed by atoms with van der Waals surface area (Å²) in [7, 11) is 3.91. The van der Waals surface area contributed by atoms with Gasteiger partial charge >= 0.3 is 0 Å². The molecule has 6 nitrogen and oxygen atoms in total. The molecule has 1 aromatic heterocycles. The standard InChI is InChI=1S/C15H21ClN6/c1-4-17-15(18-9-14-20-19-11-22(14)3)21(2)10-12-6-5-7-13(16)8-12/h5-8,11H,4,9-10H2,1-3H3,(H,17,18). The van der Waals surface area contributed by atoms with Crippen molar-refractivity contribution in [2.45, 2.75) is 20.0 Å². The van der Waals surface area contributed by atoms with Crippen LogP contribution in [-0.4, -0.2) is 39.2 Å². The van der Waals surface area contributed by atoms with Gasteiger partial charge < -0.3 is 14.8 Å². The molecule has 2 rings (SSSR count). The first-order valence-corrected chi connectivity index (χ1v) is 7.54. The van der Waals surface area contributed by atoms with Gasteiger partial charge in [-0.1, -0.05) is 23.7 Å². The first-order valence-electron chi connectivity index (χ1n) is 7.17. The van der Waals surface area contributed by atoms with Crippen LogP contribution >= 0.6 is 11.6 Å². The molecule has 0 radical (unpaired) electrons. The number of benzene rings is 1. The van der Waals surface area contributed by atoms with Gasteiger partial charge in [0.15, 0.2) is 11.8 Å². The van der Waals surface area contributed by atoms with Gasteiger partial charge in [0.05, 0.1) is 0 Å². The molecule has 1 N–H and O–H groups in total. The lowest BCUT2D eigenvalue weighted by molar-refractivity contribution is 0.476. The van der Waals surface area contributed by atoms with E-state index in [0.29, 0.717) is 6.54 Å². The number of nitrogens with one attached hydrogen (secondary N) is 1. The topological polar surface area (TPSA) is 58.3 Å². The van der Waals surface area contributed by atoms with Crippen molar-refractivity contribution in [3.05, 3.63) is 47.0 Å². The fraction of sp³-hybridized carbons (Fsp3) is 0.400. The maximum absolute atomic E-state index is 6.03. The molecule has 1 heterocycles. The van der Waals surface area contributed by atoms with Gasteiger partial charge in [-0.05, 0) is 24.6 Å². The van der Waals surface area contributed by atoms with Crippen molar-refractivity contribution in [1.29, 1.82) is 0 Å². The quantitative estimate of drug-likeness (QED) is 0.677. The van der Waals surface area contributed by atoms with Crippen molar-refractivity contribution < 1.29 is 0 Å². The van der Waals surface area contributed by atoms with E-state index in [9.17, 15) is 0 Å². The van der Waals surface area contributed by atoms with Gasteiger partial charge in [-0.3, -0.25) is 0 Å². The van der Waals surface area contributed by atoms with Crippen molar-refractivity contribution in [3.63, 3.8) is 0 Å². The zero-order valence-electron chi connectivity index (χ0n) is 13.1. The Morgan fingerprint density at radius 1 is 1.45 bits per heavy atom. The zero-order chi connectivity index (χ0) is 15.9. The molecule has 2 aromatic rings. The van der Waals surface area contributed by atoms with E-state index in [-0.39, 0.29) is 0 Å². The minimum Gasteiger partial charge on any atom is -0.357 e. The van der Waals surface area contributed by atoms with Crippen molar-refractivity contribution in [2.24, 2.45) is 12.0 Å². The predicted molar refractivity (Wildman–Crippen MR) is 88.7 cm³/mol. The van der Waals surface area contributed by atoms with Gasteiger partial charge in [-0.15, -0.1) is 10.2 Å². The Morgan fingerprint density at radius 3 is 2.91 bits per heavy atom. The maximum Gasteiger partial charge on any atom is 0.194 e. The molecule has 0 fully saturated rings. The Balaban J connectivity index is 2.07. The first kappa shape index (κ1) is 16.3. The second-order valence-electron chi connectivity index (χ2n) is 5.01. The van der Waals surface area contributed by atoms with Crippen molar-refractivity contribution in [1.82, 2.24) is 25.0 Å². The molecular weight excluding hydrogens is 300 g/mol. The predicted octanol–water partition coefficient (Wildman–Crippen LogP) is 2.07. The van der Waals surface area contributed by atoms with Crippen LogP contribution < -0.4 is 5.32 Å². The van der Waals surface area contributed by atoms with Crippen LogP contribution in [-0.2, 0) is 20.1 Å². The number of aromatic nitrogens is 3. The van der Waals surface area contributed by atoms with Crippen molar-refractivity contribution in [3.8, 4) is 0 Å². The molecule has 0 aliphatic rings. The molecular formula is C15H21ClN6. The summed E-state index contributed by atoms with van der Waals surface area (Å²) in [5.41, 5.74) is 1.14. The van der Waals surface area contributed by atoms with Crippen LogP contribution in [0.25, 0.3) is 0 Å². The second-order valence-corrected chi connectivity index (χ2v) is 5.45. The number of rotatable bonds is 5. The molecule has 0 saturated heterocycles. The molecule has 0 saturated carbocycles. The largest absolute Gasteiger partial charge is 0.357 e. The lowest BCUT2D eigenvalue weighted by Gasteiger charge is -2.22. The minimum atomic E-state index is 0.485. The Morgan fingerprint density at radius 2 is 2.27 bits per heavy atom. The number of nitrogens with zero attached hydrogens (tertiary/aromatic N) is 5. The van der Waals surface area contributed by atoms with Crippen LogP contribution in [0.2, 0.25) is 5.02 Å². The van der Waals surface area contributed by atoms with Crippen LogP contribution in [0.5, 0.6) is 0 Å². The number of hydrogen-bond donors (Lipinski definition) is 1.